The molecular weight excluding hydrogens is 172 g/mol. The molecule has 0 heterocycles. The van der Waals surface area contributed by atoms with Crippen molar-refractivity contribution < 1.29 is 4.79 Å². The fourth-order valence-electron chi connectivity index (χ4n) is 0.993. The smallest absolute Gasteiger partial charge is 0.142 e. The number of hydrogen-bond acceptors (Lipinski definition) is 1. The SMILES string of the molecule is O=CC=CCCC#Cc1ccccc1. The minimum atomic E-state index is 0.782. The Labute approximate surface area is 84.5 Å². The van der Waals surface area contributed by atoms with E-state index in [1.165, 1.54) is 6.08 Å². The molecule has 1 rings (SSSR count). The van der Waals surface area contributed by atoms with Crippen molar-refractivity contribution in [2.24, 2.45) is 0 Å². The number of allylic oxidation sites excluding steroid dienone is 2. The molecule has 1 nitrogen and oxygen atoms in total. The van der Waals surface area contributed by atoms with Crippen LogP contribution in [0.1, 0.15) is 18.4 Å². The normalized spacial score (nSPS) is 9.43. The number of rotatable bonds is 3. The second kappa shape index (κ2) is 6.68. The first-order chi connectivity index (χ1) is 6.93. The molecule has 14 heavy (non-hydrogen) atoms. The molecule has 0 N–H and O–H groups in total. The molecule has 0 atom stereocenters. The van der Waals surface area contributed by atoms with Gasteiger partial charge in [-0.1, -0.05) is 36.1 Å². The number of hydrogen-bond donors (Lipinski definition) is 0. The molecule has 0 fully saturated rings. The van der Waals surface area contributed by atoms with E-state index in [1.807, 2.05) is 36.4 Å². The molecule has 0 aromatic heterocycles. The van der Waals surface area contributed by atoms with Gasteiger partial charge >= 0.3 is 0 Å². The highest BCUT2D eigenvalue weighted by atomic mass is 16.1. The first-order valence-corrected chi connectivity index (χ1v) is 4.57. The predicted molar refractivity (Wildman–Crippen MR) is 57.8 cm³/mol. The highest BCUT2D eigenvalue weighted by Gasteiger charge is 1.80. The number of benzene rings is 1. The Morgan fingerprint density at radius 3 is 2.71 bits per heavy atom. The quantitative estimate of drug-likeness (QED) is 0.305. The van der Waals surface area contributed by atoms with Crippen molar-refractivity contribution in [3.05, 3.63) is 48.0 Å². The zero-order valence-electron chi connectivity index (χ0n) is 7.94. The summed E-state index contributed by atoms with van der Waals surface area (Å²) in [6, 6.07) is 9.87. The van der Waals surface area contributed by atoms with Gasteiger partial charge in [-0.05, 0) is 24.6 Å². The lowest BCUT2D eigenvalue weighted by Crippen LogP contribution is -1.71. The van der Waals surface area contributed by atoms with Crippen LogP contribution in [0.15, 0.2) is 42.5 Å². The molecule has 0 saturated carbocycles. The van der Waals surface area contributed by atoms with Gasteiger partial charge < -0.3 is 0 Å². The zero-order chi connectivity index (χ0) is 10.1. The summed E-state index contributed by atoms with van der Waals surface area (Å²) in [5.74, 6) is 6.09. The van der Waals surface area contributed by atoms with Crippen molar-refractivity contribution in [1.29, 1.82) is 0 Å². The van der Waals surface area contributed by atoms with Gasteiger partial charge in [-0.3, -0.25) is 4.79 Å². The van der Waals surface area contributed by atoms with Gasteiger partial charge in [0.15, 0.2) is 0 Å². The van der Waals surface area contributed by atoms with Crippen LogP contribution in [0, 0.1) is 11.8 Å². The maximum absolute atomic E-state index is 9.94. The third kappa shape index (κ3) is 4.27. The highest BCUT2D eigenvalue weighted by molar-refractivity contribution is 5.64. The summed E-state index contributed by atoms with van der Waals surface area (Å²) in [5, 5.41) is 0. The maximum Gasteiger partial charge on any atom is 0.142 e. The summed E-state index contributed by atoms with van der Waals surface area (Å²) in [5.41, 5.74) is 1.03. The van der Waals surface area contributed by atoms with E-state index in [0.717, 1.165) is 24.7 Å². The monoisotopic (exact) mass is 184 g/mol. The molecule has 0 spiro atoms. The summed E-state index contributed by atoms with van der Waals surface area (Å²) < 4.78 is 0. The molecule has 0 saturated heterocycles. The van der Waals surface area contributed by atoms with Gasteiger partial charge in [0, 0.05) is 12.0 Å². The fourth-order valence-corrected chi connectivity index (χ4v) is 0.993. The van der Waals surface area contributed by atoms with Gasteiger partial charge in [0.1, 0.15) is 6.29 Å². The van der Waals surface area contributed by atoms with Gasteiger partial charge in [0.25, 0.3) is 0 Å². The Balaban J connectivity index is 2.34. The van der Waals surface area contributed by atoms with Crippen molar-refractivity contribution in [1.82, 2.24) is 0 Å². The standard InChI is InChI=1S/C13H12O/c14-12-8-3-1-2-5-9-13-10-6-4-7-11-13/h3-4,6-8,10-12H,1-2H2. The van der Waals surface area contributed by atoms with Gasteiger partial charge in [-0.2, -0.15) is 0 Å². The van der Waals surface area contributed by atoms with Crippen LogP contribution in [0.4, 0.5) is 0 Å². The Hall–Kier alpha value is -1.81. The van der Waals surface area contributed by atoms with E-state index in [4.69, 9.17) is 0 Å². The molecule has 1 heteroatoms. The van der Waals surface area contributed by atoms with E-state index < -0.39 is 0 Å². The molecule has 0 amide bonds. The van der Waals surface area contributed by atoms with Crippen LogP contribution in [-0.2, 0) is 4.79 Å². The predicted octanol–water partition coefficient (Wildman–Crippen LogP) is 2.57. The Morgan fingerprint density at radius 1 is 1.21 bits per heavy atom. The van der Waals surface area contributed by atoms with Crippen LogP contribution in [0.25, 0.3) is 0 Å². The van der Waals surface area contributed by atoms with Crippen LogP contribution < -0.4 is 0 Å². The molecule has 1 aromatic carbocycles. The molecule has 0 aliphatic rings. The van der Waals surface area contributed by atoms with E-state index >= 15 is 0 Å². The minimum Gasteiger partial charge on any atom is -0.299 e. The number of carbonyl (C=O) groups is 1. The van der Waals surface area contributed by atoms with E-state index in [1.54, 1.807) is 0 Å². The van der Waals surface area contributed by atoms with E-state index in [2.05, 4.69) is 11.8 Å². The average Bonchev–Trinajstić information content (AvgIpc) is 2.25. The highest BCUT2D eigenvalue weighted by Crippen LogP contribution is 1.95. The first kappa shape index (κ1) is 10.3. The van der Waals surface area contributed by atoms with Crippen molar-refractivity contribution in [3.8, 4) is 11.8 Å². The van der Waals surface area contributed by atoms with Gasteiger partial charge in [0.2, 0.25) is 0 Å². The largest absolute Gasteiger partial charge is 0.299 e. The lowest BCUT2D eigenvalue weighted by Gasteiger charge is -1.86. The molecule has 0 unspecified atom stereocenters. The van der Waals surface area contributed by atoms with Gasteiger partial charge in [0.05, 0.1) is 0 Å². The van der Waals surface area contributed by atoms with Crippen molar-refractivity contribution in [2.45, 2.75) is 12.8 Å². The van der Waals surface area contributed by atoms with Crippen LogP contribution >= 0.6 is 0 Å². The third-order valence-corrected chi connectivity index (χ3v) is 1.66. The number of aldehydes is 1. The van der Waals surface area contributed by atoms with Crippen LogP contribution in [0.3, 0.4) is 0 Å². The maximum atomic E-state index is 9.94. The molecule has 0 bridgehead atoms. The third-order valence-electron chi connectivity index (χ3n) is 1.66. The molecular formula is C13H12O. The fraction of sp³-hybridized carbons (Fsp3) is 0.154. The Kier molecular flexibility index (Phi) is 4.90. The second-order valence-electron chi connectivity index (χ2n) is 2.77. The summed E-state index contributed by atoms with van der Waals surface area (Å²) >= 11 is 0. The summed E-state index contributed by atoms with van der Waals surface area (Å²) in [6.07, 6.45) is 5.74. The Bertz CT molecular complexity index is 352. The van der Waals surface area contributed by atoms with Crippen molar-refractivity contribution in [2.75, 3.05) is 0 Å². The molecule has 70 valence electrons. The summed E-state index contributed by atoms with van der Waals surface area (Å²) in [4.78, 5) is 9.94. The number of carbonyl (C=O) groups excluding carboxylic acids is 1. The molecule has 0 aliphatic carbocycles. The lowest BCUT2D eigenvalue weighted by atomic mass is 10.2. The molecule has 1 aromatic rings. The molecule has 0 radical (unpaired) electrons. The Morgan fingerprint density at radius 2 is 2.00 bits per heavy atom. The van der Waals surface area contributed by atoms with Gasteiger partial charge in [-0.15, -0.1) is 0 Å². The number of unbranched alkanes of at least 4 members (excludes halogenated alkanes) is 1. The topological polar surface area (TPSA) is 17.1 Å². The minimum absolute atomic E-state index is 0.782. The zero-order valence-corrected chi connectivity index (χ0v) is 7.94. The van der Waals surface area contributed by atoms with E-state index in [0.29, 0.717) is 0 Å². The average molecular weight is 184 g/mol. The lowest BCUT2D eigenvalue weighted by molar-refractivity contribution is -0.104. The van der Waals surface area contributed by atoms with E-state index in [9.17, 15) is 4.79 Å². The van der Waals surface area contributed by atoms with Crippen LogP contribution in [-0.4, -0.2) is 6.29 Å². The van der Waals surface area contributed by atoms with Crippen LogP contribution in [0.5, 0.6) is 0 Å². The summed E-state index contributed by atoms with van der Waals surface area (Å²) in [7, 11) is 0. The summed E-state index contributed by atoms with van der Waals surface area (Å²) in [6.45, 7) is 0. The first-order valence-electron chi connectivity index (χ1n) is 4.57. The van der Waals surface area contributed by atoms with Gasteiger partial charge in [-0.25, -0.2) is 0 Å². The second-order valence-corrected chi connectivity index (χ2v) is 2.77. The van der Waals surface area contributed by atoms with Crippen molar-refractivity contribution >= 4 is 6.29 Å². The van der Waals surface area contributed by atoms with Crippen LogP contribution in [0.2, 0.25) is 0 Å². The van der Waals surface area contributed by atoms with E-state index in [-0.39, 0.29) is 0 Å². The molecule has 0 aliphatic heterocycles. The van der Waals surface area contributed by atoms with Crippen molar-refractivity contribution in [3.63, 3.8) is 0 Å².